The second-order valence-electron chi connectivity index (χ2n) is 12.2. The number of benzene rings is 6. The molecule has 4 nitrogen and oxygen atoms in total. The number of nitriles is 1. The maximum absolute atomic E-state index is 11.3. The third-order valence-electron chi connectivity index (χ3n) is 9.17. The molecule has 1 N–H and O–H groups in total. The normalized spacial score (nSPS) is 11.7. The van der Waals surface area contributed by atoms with Crippen molar-refractivity contribution in [2.24, 2.45) is 0 Å². The highest BCUT2D eigenvalue weighted by molar-refractivity contribution is 6.10. The molecule has 8 rings (SSSR count). The van der Waals surface area contributed by atoms with Crippen LogP contribution in [0.4, 0.5) is 0 Å². The van der Waals surface area contributed by atoms with Crippen LogP contribution >= 0.6 is 0 Å². The van der Waals surface area contributed by atoms with E-state index in [0.29, 0.717) is 11.5 Å². The molecule has 0 saturated heterocycles. The first-order valence-corrected chi connectivity index (χ1v) is 15.3. The van der Waals surface area contributed by atoms with Gasteiger partial charge in [-0.2, -0.15) is 5.26 Å². The van der Waals surface area contributed by atoms with E-state index in [4.69, 9.17) is 0 Å². The number of hydrogen-bond donors (Lipinski definition) is 1. The number of rotatable bonds is 4. The summed E-state index contributed by atoms with van der Waals surface area (Å²) in [5, 5.41) is 25.5. The number of phenols is 1. The van der Waals surface area contributed by atoms with Crippen molar-refractivity contribution < 1.29 is 5.11 Å². The van der Waals surface area contributed by atoms with Gasteiger partial charge in [0.1, 0.15) is 5.75 Å². The summed E-state index contributed by atoms with van der Waals surface area (Å²) in [6, 6.07) is 44.1. The summed E-state index contributed by atoms with van der Waals surface area (Å²) in [4.78, 5) is 0. The van der Waals surface area contributed by atoms with E-state index >= 15 is 0 Å². The molecule has 2 heterocycles. The number of hydrogen-bond acceptors (Lipinski definition) is 2. The van der Waals surface area contributed by atoms with Gasteiger partial charge >= 0.3 is 0 Å². The molecule has 45 heavy (non-hydrogen) atoms. The van der Waals surface area contributed by atoms with Crippen molar-refractivity contribution in [3.63, 3.8) is 0 Å². The molecule has 0 atom stereocenters. The van der Waals surface area contributed by atoms with Gasteiger partial charge in [0, 0.05) is 38.5 Å². The summed E-state index contributed by atoms with van der Waals surface area (Å²) >= 11 is 0. The van der Waals surface area contributed by atoms with E-state index < -0.39 is 0 Å². The summed E-state index contributed by atoms with van der Waals surface area (Å²) in [5.74, 6) is 0.678. The molecule has 0 fully saturated rings. The van der Waals surface area contributed by atoms with E-state index in [-0.39, 0.29) is 5.75 Å². The van der Waals surface area contributed by atoms with Crippen molar-refractivity contribution in [2.45, 2.75) is 26.7 Å². The van der Waals surface area contributed by atoms with E-state index in [1.165, 1.54) is 16.3 Å². The minimum absolute atomic E-state index is 0.239. The Bertz CT molecular complexity index is 2500. The predicted octanol–water partition coefficient (Wildman–Crippen LogP) is 10.6. The van der Waals surface area contributed by atoms with Crippen LogP contribution in [0.5, 0.6) is 5.75 Å². The van der Waals surface area contributed by atoms with E-state index in [1.807, 2.05) is 42.5 Å². The van der Waals surface area contributed by atoms with Crippen molar-refractivity contribution in [1.29, 1.82) is 5.26 Å². The molecule has 216 valence electrons. The lowest BCUT2D eigenvalue weighted by Gasteiger charge is -2.16. The summed E-state index contributed by atoms with van der Waals surface area (Å²) < 4.78 is 4.55. The van der Waals surface area contributed by atoms with Crippen molar-refractivity contribution in [1.82, 2.24) is 9.13 Å². The van der Waals surface area contributed by atoms with Gasteiger partial charge in [-0.05, 0) is 102 Å². The highest BCUT2D eigenvalue weighted by Gasteiger charge is 2.18. The summed E-state index contributed by atoms with van der Waals surface area (Å²) in [5.41, 5.74) is 11.2. The molecular formula is C41H31N3O. The molecule has 0 spiro atoms. The summed E-state index contributed by atoms with van der Waals surface area (Å²) in [7, 11) is 0. The number of fused-ring (bicyclic) bond motifs is 6. The maximum Gasteiger partial charge on any atom is 0.123 e. The number of aryl methyl sites for hydroxylation is 1. The molecule has 2 aromatic heterocycles. The predicted molar refractivity (Wildman–Crippen MR) is 186 cm³/mol. The number of para-hydroxylation sites is 2. The molecule has 6 aromatic carbocycles. The van der Waals surface area contributed by atoms with Crippen molar-refractivity contribution in [3.05, 3.63) is 138 Å². The molecular weight excluding hydrogens is 550 g/mol. The zero-order valence-electron chi connectivity index (χ0n) is 25.4. The van der Waals surface area contributed by atoms with Gasteiger partial charge in [0.2, 0.25) is 0 Å². The standard InChI is InChI=1S/C41H31N3O/c1-25(2)28-14-18-40-35(21-28)32-9-5-7-11-38(32)44(40)30-16-19-41(45)36(23-30)33-22-29(15-12-26(33)3)43-37-10-6-4-8-31(37)34-20-27(24-42)13-17-39(34)43/h4-23,25,45H,1-3H3. The average Bonchev–Trinajstić information content (AvgIpc) is 3.57. The SMILES string of the molecule is Cc1ccc(-n2c3ccccc3c3cc(C#N)ccc32)cc1-c1cc(-n2c3ccccc3c3cc(C(C)C)ccc32)ccc1O. The molecule has 0 aliphatic rings. The van der Waals surface area contributed by atoms with Crippen molar-refractivity contribution in [3.8, 4) is 34.3 Å². The Balaban J connectivity index is 1.34. The van der Waals surface area contributed by atoms with E-state index in [2.05, 4.69) is 115 Å². The number of aromatic hydroxyl groups is 1. The van der Waals surface area contributed by atoms with Crippen LogP contribution in [0.1, 0.15) is 36.5 Å². The first kappa shape index (κ1) is 26.8. The Hall–Kier alpha value is -5.79. The highest BCUT2D eigenvalue weighted by atomic mass is 16.3. The number of phenolic OH excluding ortho intramolecular Hbond substituents is 1. The van der Waals surface area contributed by atoms with Crippen molar-refractivity contribution >= 4 is 43.6 Å². The Labute approximate surface area is 261 Å². The molecule has 0 amide bonds. The fourth-order valence-electron chi connectivity index (χ4n) is 6.87. The molecule has 0 unspecified atom stereocenters. The smallest absolute Gasteiger partial charge is 0.123 e. The topological polar surface area (TPSA) is 53.9 Å². The van der Waals surface area contributed by atoms with Gasteiger partial charge in [-0.1, -0.05) is 62.4 Å². The van der Waals surface area contributed by atoms with Crippen LogP contribution in [0, 0.1) is 18.3 Å². The first-order valence-electron chi connectivity index (χ1n) is 15.3. The second-order valence-corrected chi connectivity index (χ2v) is 12.2. The van der Waals surface area contributed by atoms with Crippen LogP contribution in [-0.4, -0.2) is 14.2 Å². The largest absolute Gasteiger partial charge is 0.507 e. The minimum atomic E-state index is 0.239. The van der Waals surface area contributed by atoms with Gasteiger partial charge in [-0.25, -0.2) is 0 Å². The third-order valence-corrected chi connectivity index (χ3v) is 9.17. The van der Waals surface area contributed by atoms with E-state index in [0.717, 1.165) is 60.9 Å². The number of nitrogens with zero attached hydrogens (tertiary/aromatic N) is 3. The van der Waals surface area contributed by atoms with Crippen molar-refractivity contribution in [2.75, 3.05) is 0 Å². The van der Waals surface area contributed by atoms with Gasteiger partial charge in [0.25, 0.3) is 0 Å². The van der Waals surface area contributed by atoms with Gasteiger partial charge in [0.05, 0.1) is 33.7 Å². The molecule has 4 heteroatoms. The Morgan fingerprint density at radius 3 is 1.78 bits per heavy atom. The van der Waals surface area contributed by atoms with Crippen LogP contribution in [0.3, 0.4) is 0 Å². The summed E-state index contributed by atoms with van der Waals surface area (Å²) in [6.45, 7) is 6.54. The Morgan fingerprint density at radius 1 is 0.578 bits per heavy atom. The molecule has 0 aliphatic heterocycles. The Kier molecular flexibility index (Phi) is 6.04. The van der Waals surface area contributed by atoms with Crippen LogP contribution in [0.25, 0.3) is 66.1 Å². The molecule has 8 aromatic rings. The molecule has 0 saturated carbocycles. The zero-order chi connectivity index (χ0) is 30.8. The van der Waals surface area contributed by atoms with Crippen LogP contribution in [-0.2, 0) is 0 Å². The van der Waals surface area contributed by atoms with Gasteiger partial charge in [0.15, 0.2) is 0 Å². The second kappa shape index (κ2) is 10.1. The lowest BCUT2D eigenvalue weighted by Crippen LogP contribution is -1.98. The van der Waals surface area contributed by atoms with Gasteiger partial charge in [-0.3, -0.25) is 0 Å². The zero-order valence-corrected chi connectivity index (χ0v) is 25.4. The lowest BCUT2D eigenvalue weighted by atomic mass is 9.98. The molecule has 0 bridgehead atoms. The maximum atomic E-state index is 11.3. The van der Waals surface area contributed by atoms with E-state index in [1.54, 1.807) is 0 Å². The fourth-order valence-corrected chi connectivity index (χ4v) is 6.87. The monoisotopic (exact) mass is 581 g/mol. The molecule has 0 radical (unpaired) electrons. The summed E-state index contributed by atoms with van der Waals surface area (Å²) in [6.07, 6.45) is 0. The van der Waals surface area contributed by atoms with Gasteiger partial charge in [-0.15, -0.1) is 0 Å². The fraction of sp³-hybridized carbons (Fsp3) is 0.0976. The van der Waals surface area contributed by atoms with Crippen LogP contribution in [0.15, 0.2) is 121 Å². The van der Waals surface area contributed by atoms with Crippen LogP contribution < -0.4 is 0 Å². The molecule has 0 aliphatic carbocycles. The lowest BCUT2D eigenvalue weighted by molar-refractivity contribution is 0.477. The van der Waals surface area contributed by atoms with E-state index in [9.17, 15) is 10.4 Å². The highest BCUT2D eigenvalue weighted by Crippen LogP contribution is 2.40. The van der Waals surface area contributed by atoms with Crippen LogP contribution in [0.2, 0.25) is 0 Å². The Morgan fingerprint density at radius 2 is 1.13 bits per heavy atom. The quantitative estimate of drug-likeness (QED) is 0.225. The minimum Gasteiger partial charge on any atom is -0.507 e. The average molecular weight is 582 g/mol. The number of aromatic nitrogens is 2. The first-order chi connectivity index (χ1) is 21.9. The third kappa shape index (κ3) is 4.12. The van der Waals surface area contributed by atoms with Gasteiger partial charge < -0.3 is 14.2 Å².